The van der Waals surface area contributed by atoms with Crippen molar-refractivity contribution >= 4 is 46.2 Å². The summed E-state index contributed by atoms with van der Waals surface area (Å²) < 4.78 is 5.96. The molecular weight excluding hydrogens is 442 g/mol. The summed E-state index contributed by atoms with van der Waals surface area (Å²) in [5.41, 5.74) is 2.20. The smallest absolute Gasteiger partial charge is 0.266 e. The summed E-state index contributed by atoms with van der Waals surface area (Å²) in [6, 6.07) is 8.09. The van der Waals surface area contributed by atoms with Gasteiger partial charge in [-0.2, -0.15) is 0 Å². The molecule has 2 aliphatic rings. The molecule has 2 heterocycles. The van der Waals surface area contributed by atoms with E-state index in [4.69, 9.17) is 17.0 Å². The zero-order chi connectivity index (χ0) is 22.8. The van der Waals surface area contributed by atoms with Crippen molar-refractivity contribution in [3.8, 4) is 0 Å². The van der Waals surface area contributed by atoms with E-state index in [9.17, 15) is 9.59 Å². The van der Waals surface area contributed by atoms with Crippen LogP contribution in [0.1, 0.15) is 43.2 Å². The summed E-state index contributed by atoms with van der Waals surface area (Å²) in [4.78, 5) is 29.4. The van der Waals surface area contributed by atoms with Gasteiger partial charge in [0, 0.05) is 32.6 Å². The number of nitrogens with one attached hydrogen (secondary N) is 1. The minimum absolute atomic E-state index is 0.0152. The number of morpholine rings is 1. The van der Waals surface area contributed by atoms with Crippen molar-refractivity contribution in [3.05, 3.63) is 40.3 Å². The third-order valence-corrected chi connectivity index (χ3v) is 6.99. The maximum Gasteiger partial charge on any atom is 0.266 e. The van der Waals surface area contributed by atoms with Gasteiger partial charge in [0.25, 0.3) is 5.91 Å². The fourth-order valence-corrected chi connectivity index (χ4v) is 4.99. The van der Waals surface area contributed by atoms with E-state index in [2.05, 4.69) is 10.2 Å². The van der Waals surface area contributed by atoms with Crippen molar-refractivity contribution in [3.63, 3.8) is 0 Å². The second kappa shape index (κ2) is 13.1. The third kappa shape index (κ3) is 7.99. The van der Waals surface area contributed by atoms with E-state index in [0.717, 1.165) is 70.6 Å². The van der Waals surface area contributed by atoms with Gasteiger partial charge in [-0.25, -0.2) is 0 Å². The maximum absolute atomic E-state index is 12.7. The number of aryl methyl sites for hydroxylation is 1. The van der Waals surface area contributed by atoms with Crippen molar-refractivity contribution in [1.82, 2.24) is 15.1 Å². The van der Waals surface area contributed by atoms with Crippen LogP contribution in [0.5, 0.6) is 0 Å². The van der Waals surface area contributed by atoms with Crippen LogP contribution in [-0.4, -0.2) is 71.9 Å². The van der Waals surface area contributed by atoms with Crippen molar-refractivity contribution in [2.45, 2.75) is 39.0 Å². The highest BCUT2D eigenvalue weighted by Crippen LogP contribution is 2.32. The van der Waals surface area contributed by atoms with Crippen molar-refractivity contribution in [2.75, 3.05) is 45.9 Å². The van der Waals surface area contributed by atoms with Gasteiger partial charge in [0.1, 0.15) is 4.32 Å². The average Bonchev–Trinajstić information content (AvgIpc) is 3.06. The molecular formula is C24H33N3O3S2. The maximum atomic E-state index is 12.7. The number of amides is 2. The highest BCUT2D eigenvalue weighted by atomic mass is 32.2. The van der Waals surface area contributed by atoms with Crippen LogP contribution in [0.3, 0.4) is 0 Å². The molecule has 0 atom stereocenters. The average molecular weight is 476 g/mol. The van der Waals surface area contributed by atoms with Crippen LogP contribution in [-0.2, 0) is 14.3 Å². The largest absolute Gasteiger partial charge is 0.379 e. The van der Waals surface area contributed by atoms with Crippen molar-refractivity contribution < 1.29 is 14.3 Å². The monoisotopic (exact) mass is 475 g/mol. The molecule has 0 unspecified atom stereocenters. The minimum atomic E-state index is -0.0152. The Kier molecular flexibility index (Phi) is 10.2. The number of unbranched alkanes of at least 4 members (excludes halogenated alkanes) is 2. The van der Waals surface area contributed by atoms with Crippen LogP contribution in [0.2, 0.25) is 0 Å². The number of carbonyl (C=O) groups is 2. The van der Waals surface area contributed by atoms with E-state index in [-0.39, 0.29) is 11.8 Å². The Morgan fingerprint density at radius 3 is 2.62 bits per heavy atom. The first-order chi connectivity index (χ1) is 15.5. The molecule has 0 aromatic heterocycles. The molecule has 0 spiro atoms. The second-order valence-corrected chi connectivity index (χ2v) is 9.89. The van der Waals surface area contributed by atoms with Crippen molar-refractivity contribution in [2.24, 2.45) is 0 Å². The quantitative estimate of drug-likeness (QED) is 0.300. The lowest BCUT2D eigenvalue weighted by atomic mass is 10.1. The molecule has 1 aromatic rings. The summed E-state index contributed by atoms with van der Waals surface area (Å²) in [5, 5.41) is 3.01. The molecule has 2 aliphatic heterocycles. The van der Waals surface area contributed by atoms with E-state index in [1.54, 1.807) is 4.90 Å². The number of benzene rings is 1. The van der Waals surface area contributed by atoms with Crippen LogP contribution in [0.15, 0.2) is 29.2 Å². The number of carbonyl (C=O) groups excluding carboxylic acids is 2. The Hall–Kier alpha value is -1.74. The van der Waals surface area contributed by atoms with E-state index >= 15 is 0 Å². The Balaban J connectivity index is 1.28. The highest BCUT2D eigenvalue weighted by Gasteiger charge is 2.31. The third-order valence-electron chi connectivity index (χ3n) is 5.61. The molecule has 8 heteroatoms. The van der Waals surface area contributed by atoms with E-state index in [1.165, 1.54) is 17.3 Å². The predicted octanol–water partition coefficient (Wildman–Crippen LogP) is 3.60. The van der Waals surface area contributed by atoms with Crippen molar-refractivity contribution in [1.29, 1.82) is 0 Å². The number of thioether (sulfide) groups is 1. The van der Waals surface area contributed by atoms with E-state index in [1.807, 2.05) is 37.3 Å². The lowest BCUT2D eigenvalue weighted by Gasteiger charge is -2.26. The molecule has 1 aromatic carbocycles. The first-order valence-corrected chi connectivity index (χ1v) is 12.6. The van der Waals surface area contributed by atoms with Gasteiger partial charge in [0.05, 0.1) is 18.1 Å². The molecule has 0 radical (unpaired) electrons. The summed E-state index contributed by atoms with van der Waals surface area (Å²) in [5.74, 6) is 0.0946. The van der Waals surface area contributed by atoms with Gasteiger partial charge >= 0.3 is 0 Å². The van der Waals surface area contributed by atoms with E-state index < -0.39 is 0 Å². The molecule has 32 heavy (non-hydrogen) atoms. The predicted molar refractivity (Wildman–Crippen MR) is 134 cm³/mol. The first-order valence-electron chi connectivity index (χ1n) is 11.4. The van der Waals surface area contributed by atoms with Crippen LogP contribution >= 0.6 is 24.0 Å². The standard InChI is InChI=1S/C24H33N3O3S2/c1-19-7-9-20(10-8-19)18-21-23(29)27(24(31)32-21)13-4-2-3-6-22(28)25-11-5-12-26-14-16-30-17-15-26/h7-10,18H,2-6,11-17H2,1H3,(H,25,28)/b21-18-. The second-order valence-electron chi connectivity index (χ2n) is 8.21. The van der Waals surface area contributed by atoms with Gasteiger partial charge in [0.15, 0.2) is 0 Å². The zero-order valence-electron chi connectivity index (χ0n) is 18.8. The number of thiocarbonyl (C=S) groups is 1. The molecule has 2 amide bonds. The molecule has 2 fully saturated rings. The number of nitrogens with zero attached hydrogens (tertiary/aromatic N) is 2. The van der Waals surface area contributed by atoms with Crippen LogP contribution in [0.25, 0.3) is 6.08 Å². The molecule has 174 valence electrons. The molecule has 0 bridgehead atoms. The van der Waals surface area contributed by atoms with Gasteiger partial charge in [-0.1, -0.05) is 60.2 Å². The summed E-state index contributed by atoms with van der Waals surface area (Å²) in [6.07, 6.45) is 5.97. The van der Waals surface area contributed by atoms with Crippen LogP contribution < -0.4 is 5.32 Å². The fraction of sp³-hybridized carbons (Fsp3) is 0.542. The molecule has 0 aliphatic carbocycles. The van der Waals surface area contributed by atoms with Gasteiger partial charge in [-0.05, 0) is 44.4 Å². The SMILES string of the molecule is Cc1ccc(/C=C2\SC(=S)N(CCCCCC(=O)NCCCN3CCOCC3)C2=O)cc1. The summed E-state index contributed by atoms with van der Waals surface area (Å²) >= 11 is 6.78. The summed E-state index contributed by atoms with van der Waals surface area (Å²) in [6.45, 7) is 7.96. The van der Waals surface area contributed by atoms with Gasteiger partial charge in [-0.15, -0.1) is 0 Å². The Labute approximate surface area is 200 Å². The number of ether oxygens (including phenoxy) is 1. The topological polar surface area (TPSA) is 61.9 Å². The summed E-state index contributed by atoms with van der Waals surface area (Å²) in [7, 11) is 0. The normalized spacial score (nSPS) is 18.5. The van der Waals surface area contributed by atoms with Crippen LogP contribution in [0, 0.1) is 6.92 Å². The minimum Gasteiger partial charge on any atom is -0.379 e. The van der Waals surface area contributed by atoms with Crippen LogP contribution in [0.4, 0.5) is 0 Å². The molecule has 0 saturated carbocycles. The Morgan fingerprint density at radius 2 is 1.88 bits per heavy atom. The fourth-order valence-electron chi connectivity index (χ4n) is 3.68. The number of rotatable bonds is 11. The lowest BCUT2D eigenvalue weighted by Crippen LogP contribution is -2.38. The van der Waals surface area contributed by atoms with E-state index in [0.29, 0.717) is 22.2 Å². The molecule has 3 rings (SSSR count). The number of hydrogen-bond donors (Lipinski definition) is 1. The molecule has 6 nitrogen and oxygen atoms in total. The van der Waals surface area contributed by atoms with Gasteiger partial charge in [-0.3, -0.25) is 19.4 Å². The molecule has 2 saturated heterocycles. The van der Waals surface area contributed by atoms with Gasteiger partial charge in [0.2, 0.25) is 5.91 Å². The van der Waals surface area contributed by atoms with Gasteiger partial charge < -0.3 is 10.1 Å². The Bertz CT molecular complexity index is 820. The number of hydrogen-bond acceptors (Lipinski definition) is 6. The lowest BCUT2D eigenvalue weighted by molar-refractivity contribution is -0.122. The Morgan fingerprint density at radius 1 is 1.12 bits per heavy atom. The first kappa shape index (κ1) is 24.9. The highest BCUT2D eigenvalue weighted by molar-refractivity contribution is 8.26. The molecule has 1 N–H and O–H groups in total. The zero-order valence-corrected chi connectivity index (χ0v) is 20.4.